The van der Waals surface area contributed by atoms with E-state index in [1.165, 1.54) is 4.68 Å². The van der Waals surface area contributed by atoms with Gasteiger partial charge in [-0.15, -0.1) is 5.10 Å². The molecule has 0 amide bonds. The minimum absolute atomic E-state index is 0.0485. The molecule has 1 heterocycles. The van der Waals surface area contributed by atoms with Crippen LogP contribution in [0.4, 0.5) is 0 Å². The van der Waals surface area contributed by atoms with Gasteiger partial charge in [-0.2, -0.15) is 0 Å². The summed E-state index contributed by atoms with van der Waals surface area (Å²) >= 11 is 0. The van der Waals surface area contributed by atoms with Crippen molar-refractivity contribution >= 4 is 5.97 Å². The Balaban J connectivity index is 2.27. The van der Waals surface area contributed by atoms with Crippen LogP contribution in [-0.2, 0) is 6.54 Å². The Kier molecular flexibility index (Phi) is 2.88. The summed E-state index contributed by atoms with van der Waals surface area (Å²) in [5, 5.41) is 34.2. The van der Waals surface area contributed by atoms with Gasteiger partial charge in [0.1, 0.15) is 0 Å². The first-order valence-corrected chi connectivity index (χ1v) is 5.09. The molecule has 2 rings (SSSR count). The molecular formula is C9H13N3O4. The molecule has 1 aliphatic carbocycles. The predicted octanol–water partition coefficient (Wildman–Crippen LogP) is -0.793. The van der Waals surface area contributed by atoms with Crippen LogP contribution in [0.15, 0.2) is 0 Å². The first-order chi connectivity index (χ1) is 7.63. The number of hydrogen-bond acceptors (Lipinski definition) is 5. The lowest BCUT2D eigenvalue weighted by molar-refractivity contribution is 0.0687. The van der Waals surface area contributed by atoms with Crippen LogP contribution in [0.3, 0.4) is 0 Å². The Morgan fingerprint density at radius 2 is 2.25 bits per heavy atom. The molecule has 0 saturated heterocycles. The number of aromatic nitrogens is 3. The molecule has 0 radical (unpaired) electrons. The molecule has 0 aromatic carbocycles. The van der Waals surface area contributed by atoms with Crippen LogP contribution in [-0.4, -0.2) is 49.0 Å². The number of carboxylic acid groups (broad SMARTS) is 1. The fraction of sp³-hybridized carbons (Fsp3) is 0.667. The van der Waals surface area contributed by atoms with Crippen molar-refractivity contribution in [1.29, 1.82) is 0 Å². The maximum atomic E-state index is 10.9. The molecule has 1 atom stereocenters. The quantitative estimate of drug-likeness (QED) is 0.608. The van der Waals surface area contributed by atoms with Crippen molar-refractivity contribution < 1.29 is 20.1 Å². The van der Waals surface area contributed by atoms with E-state index in [-0.39, 0.29) is 24.8 Å². The largest absolute Gasteiger partial charge is 0.476 e. The lowest BCUT2D eigenvalue weighted by Crippen LogP contribution is -2.22. The van der Waals surface area contributed by atoms with Gasteiger partial charge in [0.05, 0.1) is 24.9 Å². The molecule has 0 aliphatic heterocycles. The normalized spacial score (nSPS) is 17.4. The van der Waals surface area contributed by atoms with Crippen LogP contribution >= 0.6 is 0 Å². The summed E-state index contributed by atoms with van der Waals surface area (Å²) in [6.45, 7) is -0.311. The van der Waals surface area contributed by atoms with E-state index in [9.17, 15) is 9.90 Å². The summed E-state index contributed by atoms with van der Waals surface area (Å²) in [6, 6.07) is 0. The molecule has 1 aromatic rings. The molecule has 1 aromatic heterocycles. The minimum atomic E-state index is -1.10. The molecular weight excluding hydrogens is 214 g/mol. The van der Waals surface area contributed by atoms with E-state index in [2.05, 4.69) is 10.3 Å². The van der Waals surface area contributed by atoms with Crippen molar-refractivity contribution in [3.8, 4) is 0 Å². The van der Waals surface area contributed by atoms with Crippen molar-refractivity contribution in [3.05, 3.63) is 11.4 Å². The first-order valence-electron chi connectivity index (χ1n) is 5.09. The molecule has 1 fully saturated rings. The highest BCUT2D eigenvalue weighted by atomic mass is 16.4. The Hall–Kier alpha value is -1.47. The molecule has 1 aliphatic rings. The van der Waals surface area contributed by atoms with Gasteiger partial charge in [0.25, 0.3) is 0 Å². The summed E-state index contributed by atoms with van der Waals surface area (Å²) in [5.74, 6) is -0.932. The van der Waals surface area contributed by atoms with Crippen LogP contribution in [0.2, 0.25) is 0 Å². The van der Waals surface area contributed by atoms with Gasteiger partial charge in [-0.1, -0.05) is 5.21 Å². The van der Waals surface area contributed by atoms with Crippen molar-refractivity contribution in [2.75, 3.05) is 6.61 Å². The van der Waals surface area contributed by atoms with Gasteiger partial charge >= 0.3 is 5.97 Å². The summed E-state index contributed by atoms with van der Waals surface area (Å²) in [6.07, 6.45) is 0.895. The van der Waals surface area contributed by atoms with Gasteiger partial charge in [-0.25, -0.2) is 9.48 Å². The van der Waals surface area contributed by atoms with Crippen LogP contribution in [0.1, 0.15) is 34.9 Å². The van der Waals surface area contributed by atoms with E-state index in [1.54, 1.807) is 0 Å². The molecule has 16 heavy (non-hydrogen) atoms. The Morgan fingerprint density at radius 1 is 1.56 bits per heavy atom. The van der Waals surface area contributed by atoms with E-state index >= 15 is 0 Å². The van der Waals surface area contributed by atoms with Gasteiger partial charge in [0.2, 0.25) is 0 Å². The molecule has 0 bridgehead atoms. The second-order valence-corrected chi connectivity index (χ2v) is 3.92. The third-order valence-corrected chi connectivity index (χ3v) is 2.53. The van der Waals surface area contributed by atoms with Gasteiger partial charge in [-0.05, 0) is 12.8 Å². The SMILES string of the molecule is O=C(O)c1nnn(CC(O)CO)c1C1CC1. The highest BCUT2D eigenvalue weighted by molar-refractivity contribution is 5.86. The lowest BCUT2D eigenvalue weighted by Gasteiger charge is -2.09. The zero-order valence-electron chi connectivity index (χ0n) is 8.57. The lowest BCUT2D eigenvalue weighted by atomic mass is 10.2. The van der Waals surface area contributed by atoms with E-state index in [0.29, 0.717) is 5.69 Å². The van der Waals surface area contributed by atoms with E-state index < -0.39 is 12.1 Å². The average molecular weight is 227 g/mol. The third kappa shape index (κ3) is 2.05. The summed E-state index contributed by atoms with van der Waals surface area (Å²) in [4.78, 5) is 10.9. The molecule has 7 heteroatoms. The van der Waals surface area contributed by atoms with Crippen molar-refractivity contribution in [1.82, 2.24) is 15.0 Å². The number of hydrogen-bond donors (Lipinski definition) is 3. The zero-order valence-corrected chi connectivity index (χ0v) is 8.57. The van der Waals surface area contributed by atoms with Gasteiger partial charge < -0.3 is 15.3 Å². The average Bonchev–Trinajstić information content (AvgIpc) is 3.00. The highest BCUT2D eigenvalue weighted by Gasteiger charge is 2.34. The summed E-state index contributed by atoms with van der Waals surface area (Å²) < 4.78 is 1.38. The van der Waals surface area contributed by atoms with Gasteiger partial charge in [-0.3, -0.25) is 0 Å². The molecule has 1 unspecified atom stereocenters. The standard InChI is InChI=1S/C9H13N3O4/c13-4-6(14)3-12-8(5-1-2-5)7(9(15)16)10-11-12/h5-6,13-14H,1-4H2,(H,15,16). The summed E-state index contributed by atoms with van der Waals surface area (Å²) in [5.41, 5.74) is 0.507. The van der Waals surface area contributed by atoms with Crippen LogP contribution in [0.25, 0.3) is 0 Å². The number of carboxylic acids is 1. The first kappa shape index (κ1) is 11.0. The molecule has 1 saturated carbocycles. The minimum Gasteiger partial charge on any atom is -0.476 e. The molecule has 88 valence electrons. The Morgan fingerprint density at radius 3 is 2.75 bits per heavy atom. The number of aliphatic hydroxyl groups excluding tert-OH is 2. The zero-order chi connectivity index (χ0) is 11.7. The van der Waals surface area contributed by atoms with Crippen molar-refractivity contribution in [3.63, 3.8) is 0 Å². The fourth-order valence-corrected chi connectivity index (χ4v) is 1.63. The monoisotopic (exact) mass is 227 g/mol. The fourth-order valence-electron chi connectivity index (χ4n) is 1.63. The van der Waals surface area contributed by atoms with Crippen LogP contribution in [0.5, 0.6) is 0 Å². The van der Waals surface area contributed by atoms with Crippen molar-refractivity contribution in [2.24, 2.45) is 0 Å². The topological polar surface area (TPSA) is 108 Å². The predicted molar refractivity (Wildman–Crippen MR) is 52.0 cm³/mol. The van der Waals surface area contributed by atoms with Gasteiger partial charge in [0.15, 0.2) is 5.69 Å². The molecule has 7 nitrogen and oxygen atoms in total. The van der Waals surface area contributed by atoms with Crippen LogP contribution in [0, 0.1) is 0 Å². The number of aliphatic hydroxyl groups is 2. The van der Waals surface area contributed by atoms with Crippen molar-refractivity contribution in [2.45, 2.75) is 31.4 Å². The van der Waals surface area contributed by atoms with E-state index in [0.717, 1.165) is 12.8 Å². The number of rotatable bonds is 5. The smallest absolute Gasteiger partial charge is 0.358 e. The van der Waals surface area contributed by atoms with Crippen LogP contribution < -0.4 is 0 Å². The Labute approximate surface area is 91.3 Å². The Bertz CT molecular complexity index is 399. The second kappa shape index (κ2) is 4.18. The molecule has 0 spiro atoms. The maximum absolute atomic E-state index is 10.9. The van der Waals surface area contributed by atoms with E-state index in [4.69, 9.17) is 10.2 Å². The highest BCUT2D eigenvalue weighted by Crippen LogP contribution is 2.41. The second-order valence-electron chi connectivity index (χ2n) is 3.92. The third-order valence-electron chi connectivity index (χ3n) is 2.53. The summed E-state index contributed by atoms with van der Waals surface area (Å²) in [7, 11) is 0. The molecule has 3 N–H and O–H groups in total. The van der Waals surface area contributed by atoms with Gasteiger partial charge in [0, 0.05) is 5.92 Å². The van der Waals surface area contributed by atoms with E-state index in [1.807, 2.05) is 0 Å². The number of aromatic carboxylic acids is 1. The number of carbonyl (C=O) groups is 1. The number of nitrogens with zero attached hydrogens (tertiary/aromatic N) is 3. The maximum Gasteiger partial charge on any atom is 0.358 e.